The molecule has 0 unspecified atom stereocenters. The van der Waals surface area contributed by atoms with E-state index in [0.29, 0.717) is 35.9 Å². The van der Waals surface area contributed by atoms with Gasteiger partial charge in [0.2, 0.25) is 10.0 Å². The summed E-state index contributed by atoms with van der Waals surface area (Å²) < 4.78 is 46.1. The van der Waals surface area contributed by atoms with Crippen LogP contribution in [-0.2, 0) is 14.8 Å². The van der Waals surface area contributed by atoms with Crippen LogP contribution < -0.4 is 20.1 Å². The van der Waals surface area contributed by atoms with Gasteiger partial charge in [0.1, 0.15) is 11.5 Å². The molecule has 49 heavy (non-hydrogen) atoms. The second-order valence-electron chi connectivity index (χ2n) is 12.4. The molecule has 1 aliphatic heterocycles. The van der Waals surface area contributed by atoms with E-state index in [2.05, 4.69) is 10.6 Å². The van der Waals surface area contributed by atoms with Gasteiger partial charge in [-0.25, -0.2) is 13.2 Å². The van der Waals surface area contributed by atoms with Crippen molar-refractivity contribution in [1.29, 1.82) is 0 Å². The van der Waals surface area contributed by atoms with E-state index >= 15 is 0 Å². The van der Waals surface area contributed by atoms with Crippen LogP contribution in [0, 0.1) is 5.92 Å². The van der Waals surface area contributed by atoms with Gasteiger partial charge in [-0.1, -0.05) is 25.1 Å². The number of benzene rings is 3. The van der Waals surface area contributed by atoms with Crippen LogP contribution in [0.25, 0.3) is 0 Å². The van der Waals surface area contributed by atoms with Gasteiger partial charge in [0.05, 0.1) is 42.4 Å². The fraction of sp³-hybridized carbons (Fsp3) is 0.444. The number of fused-ring (bicyclic) bond motifs is 1. The summed E-state index contributed by atoms with van der Waals surface area (Å²) in [4.78, 5) is 28.8. The Morgan fingerprint density at radius 3 is 2.41 bits per heavy atom. The van der Waals surface area contributed by atoms with Gasteiger partial charge in [-0.2, -0.15) is 4.31 Å². The molecule has 0 aromatic heterocycles. The molecule has 0 saturated heterocycles. The van der Waals surface area contributed by atoms with Crippen LogP contribution in [0.1, 0.15) is 50.4 Å². The van der Waals surface area contributed by atoms with Crippen LogP contribution >= 0.6 is 0 Å². The van der Waals surface area contributed by atoms with Gasteiger partial charge in [-0.3, -0.25) is 4.79 Å². The largest absolute Gasteiger partial charge is 0.497 e. The third-order valence-corrected chi connectivity index (χ3v) is 10.4. The number of carbonyl (C=O) groups excluding carboxylic acids is 2. The van der Waals surface area contributed by atoms with Crippen molar-refractivity contribution in [3.05, 3.63) is 78.4 Å². The lowest BCUT2D eigenvalue weighted by atomic mass is 10.0. The highest BCUT2D eigenvalue weighted by molar-refractivity contribution is 7.89. The molecule has 1 heterocycles. The second-order valence-corrected chi connectivity index (χ2v) is 14.5. The minimum atomic E-state index is -3.85. The number of nitrogens with zero attached hydrogens (tertiary/aromatic N) is 2. The topological polar surface area (TPSA) is 147 Å². The number of aliphatic hydroxyl groups is 1. The lowest BCUT2D eigenvalue weighted by molar-refractivity contribution is -0.00834. The Labute approximate surface area is 289 Å². The molecule has 3 N–H and O–H groups in total. The van der Waals surface area contributed by atoms with Gasteiger partial charge in [-0.15, -0.1) is 0 Å². The Balaban J connectivity index is 1.62. The molecule has 4 atom stereocenters. The van der Waals surface area contributed by atoms with Crippen molar-refractivity contribution >= 4 is 33.3 Å². The Morgan fingerprint density at radius 1 is 1.04 bits per heavy atom. The summed E-state index contributed by atoms with van der Waals surface area (Å²) in [7, 11) is -0.827. The monoisotopic (exact) mass is 696 g/mol. The number of amides is 3. The van der Waals surface area contributed by atoms with Gasteiger partial charge >= 0.3 is 6.03 Å². The summed E-state index contributed by atoms with van der Waals surface area (Å²) in [5.74, 6) is 0.171. The first kappa shape index (κ1) is 37.6. The van der Waals surface area contributed by atoms with E-state index in [1.807, 2.05) is 32.0 Å². The molecule has 0 aliphatic carbocycles. The molecule has 0 radical (unpaired) electrons. The zero-order chi connectivity index (χ0) is 35.6. The highest BCUT2D eigenvalue weighted by atomic mass is 32.2. The average Bonchev–Trinajstić information content (AvgIpc) is 3.09. The normalized spacial score (nSPS) is 20.0. The molecule has 1 aliphatic rings. The highest BCUT2D eigenvalue weighted by Gasteiger charge is 2.32. The fourth-order valence-electron chi connectivity index (χ4n) is 5.56. The summed E-state index contributed by atoms with van der Waals surface area (Å²) in [6.07, 6.45) is 1.42. The Morgan fingerprint density at radius 2 is 1.73 bits per heavy atom. The molecule has 0 bridgehead atoms. The number of likely N-dealkylation sites (N-methyl/N-ethyl adjacent to an activating group) is 1. The molecule has 266 valence electrons. The summed E-state index contributed by atoms with van der Waals surface area (Å²) in [5.41, 5.74) is 1.22. The fourth-order valence-corrected chi connectivity index (χ4v) is 6.74. The number of para-hydroxylation sites is 1. The first-order chi connectivity index (χ1) is 23.4. The van der Waals surface area contributed by atoms with Crippen molar-refractivity contribution in [3.8, 4) is 11.5 Å². The predicted octanol–water partition coefficient (Wildman–Crippen LogP) is 5.46. The molecule has 3 amide bonds. The molecular weight excluding hydrogens is 648 g/mol. The molecule has 3 aromatic carbocycles. The third kappa shape index (κ3) is 10.2. The maximum Gasteiger partial charge on any atom is 0.323 e. The smallest absolute Gasteiger partial charge is 0.323 e. The maximum absolute atomic E-state index is 14.4. The number of hydrogen-bond acceptors (Lipinski definition) is 8. The van der Waals surface area contributed by atoms with Gasteiger partial charge in [0.25, 0.3) is 5.91 Å². The number of aliphatic hydroxyl groups excluding tert-OH is 1. The van der Waals surface area contributed by atoms with Crippen molar-refractivity contribution in [1.82, 2.24) is 9.21 Å². The van der Waals surface area contributed by atoms with E-state index < -0.39 is 34.1 Å². The molecular formula is C36H48N4O8S. The SMILES string of the molecule is COc1ccc(S(=O)(=O)N(C)C[C@@H]2OCCCC[C@H](C)Oc3ccc(NC(=O)Nc4ccccc4)cc3C(=O)N([C@H](C)CO)C[C@H]2C)cc1. The Bertz CT molecular complexity index is 1640. The number of methoxy groups -OCH3 is 1. The van der Waals surface area contributed by atoms with Gasteiger partial charge in [-0.05, 0) is 87.7 Å². The van der Waals surface area contributed by atoms with E-state index in [9.17, 15) is 23.1 Å². The van der Waals surface area contributed by atoms with Gasteiger partial charge in [0, 0.05) is 44.0 Å². The first-order valence-electron chi connectivity index (χ1n) is 16.5. The van der Waals surface area contributed by atoms with Crippen LogP contribution in [0.15, 0.2) is 77.7 Å². The maximum atomic E-state index is 14.4. The van der Waals surface area contributed by atoms with E-state index in [1.165, 1.54) is 30.6 Å². The minimum Gasteiger partial charge on any atom is -0.497 e. The number of nitrogens with one attached hydrogen (secondary N) is 2. The van der Waals surface area contributed by atoms with Crippen LogP contribution in [-0.4, -0.2) is 93.4 Å². The lowest BCUT2D eigenvalue weighted by Crippen LogP contribution is -2.48. The van der Waals surface area contributed by atoms with E-state index in [-0.39, 0.29) is 42.2 Å². The van der Waals surface area contributed by atoms with Crippen LogP contribution in [0.4, 0.5) is 16.2 Å². The van der Waals surface area contributed by atoms with Crippen molar-refractivity contribution in [2.45, 2.75) is 63.2 Å². The number of anilines is 2. The number of sulfonamides is 1. The van der Waals surface area contributed by atoms with Crippen molar-refractivity contribution in [2.75, 3.05) is 51.1 Å². The van der Waals surface area contributed by atoms with Crippen molar-refractivity contribution in [3.63, 3.8) is 0 Å². The number of rotatable bonds is 9. The summed E-state index contributed by atoms with van der Waals surface area (Å²) in [5, 5.41) is 15.8. The van der Waals surface area contributed by atoms with E-state index in [0.717, 1.165) is 12.8 Å². The zero-order valence-corrected chi connectivity index (χ0v) is 29.6. The average molecular weight is 697 g/mol. The summed E-state index contributed by atoms with van der Waals surface area (Å²) >= 11 is 0. The van der Waals surface area contributed by atoms with Crippen LogP contribution in [0.3, 0.4) is 0 Å². The molecule has 0 spiro atoms. The number of hydrogen-bond donors (Lipinski definition) is 3. The van der Waals surface area contributed by atoms with Gasteiger partial charge in [0.15, 0.2) is 0 Å². The first-order valence-corrected chi connectivity index (χ1v) is 17.9. The van der Waals surface area contributed by atoms with Crippen LogP contribution in [0.2, 0.25) is 0 Å². The summed E-state index contributed by atoms with van der Waals surface area (Å²) in [6, 6.07) is 19.1. The standard InChI is InChI=1S/C36H48N4O8S/c1-25-22-40(26(2)24-41)35(42)32-21-29(38-36(43)37-28-12-7-6-8-13-28)14-19-33(32)48-27(3)11-9-10-20-47-34(25)23-39(4)49(44,45)31-17-15-30(46-5)16-18-31/h6-8,12-19,21,25-27,34,41H,9-11,20,22-24H2,1-5H3,(H2,37,38,43)/t25-,26-,27+,34+/m1/s1. The quantitative estimate of drug-likeness (QED) is 0.268. The second kappa shape index (κ2) is 17.5. The Kier molecular flexibility index (Phi) is 13.4. The lowest BCUT2D eigenvalue weighted by Gasteiger charge is -2.35. The number of ether oxygens (including phenoxy) is 3. The molecule has 13 heteroatoms. The van der Waals surface area contributed by atoms with Crippen molar-refractivity contribution in [2.24, 2.45) is 5.92 Å². The third-order valence-electron chi connectivity index (χ3n) is 8.55. The van der Waals surface area contributed by atoms with Crippen molar-refractivity contribution < 1.29 is 37.3 Å². The van der Waals surface area contributed by atoms with E-state index in [4.69, 9.17) is 14.2 Å². The molecule has 12 nitrogen and oxygen atoms in total. The van der Waals surface area contributed by atoms with E-state index in [1.54, 1.807) is 54.3 Å². The molecule has 0 fully saturated rings. The molecule has 4 rings (SSSR count). The minimum absolute atomic E-state index is 0.0474. The number of carbonyl (C=O) groups is 2. The summed E-state index contributed by atoms with van der Waals surface area (Å²) in [6.45, 7) is 5.87. The zero-order valence-electron chi connectivity index (χ0n) is 28.8. The highest BCUT2D eigenvalue weighted by Crippen LogP contribution is 2.29. The van der Waals surface area contributed by atoms with Gasteiger partial charge < -0.3 is 34.9 Å². The number of urea groups is 1. The predicted molar refractivity (Wildman–Crippen MR) is 189 cm³/mol. The molecule has 0 saturated carbocycles. The van der Waals surface area contributed by atoms with Crippen LogP contribution in [0.5, 0.6) is 11.5 Å². The molecule has 3 aromatic rings. The Hall–Kier alpha value is -4.17.